The minimum atomic E-state index is 0.0170. The van der Waals surface area contributed by atoms with E-state index in [2.05, 4.69) is 13.8 Å². The fourth-order valence-corrected chi connectivity index (χ4v) is 1.78. The number of likely N-dealkylation sites (N-methyl/N-ethyl adjacent to an activating group) is 2. The van der Waals surface area contributed by atoms with E-state index in [1.807, 2.05) is 20.9 Å². The number of amides is 2. The molecule has 0 rings (SSSR count). The normalized spacial score (nSPS) is 10.9. The molecule has 0 aromatic heterocycles. The number of nitrogens with zero attached hydrogens (tertiary/aromatic N) is 2. The zero-order valence-electron chi connectivity index (χ0n) is 13.4. The van der Waals surface area contributed by atoms with Gasteiger partial charge in [0.05, 0.1) is 6.54 Å². The van der Waals surface area contributed by atoms with E-state index in [1.54, 1.807) is 11.9 Å². The summed E-state index contributed by atoms with van der Waals surface area (Å²) in [5.74, 6) is 1.05. The molecule has 0 radical (unpaired) electrons. The summed E-state index contributed by atoms with van der Waals surface area (Å²) in [6, 6.07) is 0. The second-order valence-corrected chi connectivity index (χ2v) is 6.20. The predicted molar refractivity (Wildman–Crippen MR) is 78.8 cm³/mol. The Labute approximate surface area is 118 Å². The van der Waals surface area contributed by atoms with Crippen LogP contribution in [0.1, 0.15) is 47.0 Å². The Hall–Kier alpha value is -1.06. The maximum absolute atomic E-state index is 12.0. The maximum atomic E-state index is 12.0. The van der Waals surface area contributed by atoms with Crippen molar-refractivity contribution in [3.05, 3.63) is 0 Å². The molecule has 0 aliphatic carbocycles. The van der Waals surface area contributed by atoms with Gasteiger partial charge in [-0.15, -0.1) is 0 Å². The van der Waals surface area contributed by atoms with Crippen molar-refractivity contribution < 1.29 is 9.59 Å². The van der Waals surface area contributed by atoms with Crippen molar-refractivity contribution in [1.29, 1.82) is 0 Å². The molecule has 4 heteroatoms. The van der Waals surface area contributed by atoms with Gasteiger partial charge in [-0.25, -0.2) is 0 Å². The highest BCUT2D eigenvalue weighted by molar-refractivity contribution is 5.84. The second kappa shape index (κ2) is 8.94. The van der Waals surface area contributed by atoms with E-state index in [1.165, 1.54) is 4.90 Å². The van der Waals surface area contributed by atoms with Crippen molar-refractivity contribution in [2.45, 2.75) is 47.0 Å². The molecular formula is C15H30N2O2. The Morgan fingerprint density at radius 1 is 0.895 bits per heavy atom. The monoisotopic (exact) mass is 270 g/mol. The molecule has 0 fully saturated rings. The molecule has 0 aromatic rings. The summed E-state index contributed by atoms with van der Waals surface area (Å²) in [6.45, 7) is 9.32. The molecule has 0 bridgehead atoms. The number of rotatable bonds is 8. The van der Waals surface area contributed by atoms with Crippen LogP contribution in [-0.2, 0) is 9.59 Å². The van der Waals surface area contributed by atoms with Crippen LogP contribution < -0.4 is 0 Å². The van der Waals surface area contributed by atoms with Crippen LogP contribution in [-0.4, -0.2) is 48.8 Å². The minimum absolute atomic E-state index is 0.0170. The van der Waals surface area contributed by atoms with E-state index >= 15 is 0 Å². The quantitative estimate of drug-likeness (QED) is 0.679. The van der Waals surface area contributed by atoms with Gasteiger partial charge in [-0.2, -0.15) is 0 Å². The highest BCUT2D eigenvalue weighted by Gasteiger charge is 2.16. The average molecular weight is 270 g/mol. The predicted octanol–water partition coefficient (Wildman–Crippen LogP) is 2.39. The summed E-state index contributed by atoms with van der Waals surface area (Å²) in [7, 11) is 3.51. The molecule has 112 valence electrons. The van der Waals surface area contributed by atoms with Crippen LogP contribution in [0.4, 0.5) is 0 Å². The minimum Gasteiger partial charge on any atom is -0.344 e. The number of hydrogen-bond acceptors (Lipinski definition) is 2. The van der Waals surface area contributed by atoms with Crippen LogP contribution in [0, 0.1) is 11.8 Å². The van der Waals surface area contributed by atoms with E-state index in [0.717, 1.165) is 19.4 Å². The van der Waals surface area contributed by atoms with E-state index < -0.39 is 0 Å². The lowest BCUT2D eigenvalue weighted by molar-refractivity contribution is -0.139. The zero-order chi connectivity index (χ0) is 15.0. The molecule has 0 atom stereocenters. The molecule has 0 unspecified atom stereocenters. The van der Waals surface area contributed by atoms with Crippen LogP contribution in [0.3, 0.4) is 0 Å². The molecule has 0 aromatic carbocycles. The van der Waals surface area contributed by atoms with Crippen molar-refractivity contribution in [2.24, 2.45) is 11.8 Å². The van der Waals surface area contributed by atoms with Crippen molar-refractivity contribution in [1.82, 2.24) is 9.80 Å². The topological polar surface area (TPSA) is 40.6 Å². The van der Waals surface area contributed by atoms with Gasteiger partial charge in [0, 0.05) is 27.1 Å². The lowest BCUT2D eigenvalue weighted by Crippen LogP contribution is -2.40. The van der Waals surface area contributed by atoms with Crippen LogP contribution >= 0.6 is 0 Å². The molecular weight excluding hydrogens is 240 g/mol. The third-order valence-corrected chi connectivity index (χ3v) is 3.08. The molecule has 0 heterocycles. The largest absolute Gasteiger partial charge is 0.344 e. The van der Waals surface area contributed by atoms with Gasteiger partial charge in [-0.1, -0.05) is 27.7 Å². The van der Waals surface area contributed by atoms with Crippen LogP contribution in [0.5, 0.6) is 0 Å². The number of carbonyl (C=O) groups is 2. The van der Waals surface area contributed by atoms with Crippen LogP contribution in [0.15, 0.2) is 0 Å². The van der Waals surface area contributed by atoms with Crippen molar-refractivity contribution in [3.8, 4) is 0 Å². The Bertz CT molecular complexity index is 288. The molecule has 0 spiro atoms. The fraction of sp³-hybridized carbons (Fsp3) is 0.867. The maximum Gasteiger partial charge on any atom is 0.241 e. The highest BCUT2D eigenvalue weighted by Crippen LogP contribution is 2.05. The summed E-state index contributed by atoms with van der Waals surface area (Å²) in [5.41, 5.74) is 0. The first-order valence-corrected chi connectivity index (χ1v) is 7.22. The Balaban J connectivity index is 4.03. The van der Waals surface area contributed by atoms with Crippen LogP contribution in [0.25, 0.3) is 0 Å². The van der Waals surface area contributed by atoms with Gasteiger partial charge in [0.2, 0.25) is 11.8 Å². The van der Waals surface area contributed by atoms with E-state index in [-0.39, 0.29) is 18.4 Å². The van der Waals surface area contributed by atoms with Gasteiger partial charge in [0.1, 0.15) is 0 Å². The molecule has 0 N–H and O–H groups in total. The van der Waals surface area contributed by atoms with Gasteiger partial charge < -0.3 is 9.80 Å². The van der Waals surface area contributed by atoms with Gasteiger partial charge >= 0.3 is 0 Å². The molecule has 0 saturated carbocycles. The molecule has 4 nitrogen and oxygen atoms in total. The van der Waals surface area contributed by atoms with Crippen molar-refractivity contribution in [3.63, 3.8) is 0 Å². The summed E-state index contributed by atoms with van der Waals surface area (Å²) < 4.78 is 0. The molecule has 0 saturated heterocycles. The number of hydrogen-bond donors (Lipinski definition) is 0. The molecule has 0 aliphatic rings. The van der Waals surface area contributed by atoms with E-state index in [4.69, 9.17) is 0 Å². The standard InChI is InChI=1S/C15H30N2O2/c1-12(2)8-7-9-16(5)15(19)11-17(6)14(18)10-13(3)4/h12-13H,7-11H2,1-6H3. The van der Waals surface area contributed by atoms with Gasteiger partial charge in [-0.3, -0.25) is 9.59 Å². The number of carbonyl (C=O) groups excluding carboxylic acids is 2. The Morgan fingerprint density at radius 2 is 1.47 bits per heavy atom. The highest BCUT2D eigenvalue weighted by atomic mass is 16.2. The van der Waals surface area contributed by atoms with Crippen molar-refractivity contribution in [2.75, 3.05) is 27.2 Å². The van der Waals surface area contributed by atoms with E-state index in [9.17, 15) is 9.59 Å². The smallest absolute Gasteiger partial charge is 0.241 e. The van der Waals surface area contributed by atoms with Crippen LogP contribution in [0.2, 0.25) is 0 Å². The molecule has 0 aliphatic heterocycles. The Morgan fingerprint density at radius 3 is 1.95 bits per heavy atom. The fourth-order valence-electron chi connectivity index (χ4n) is 1.78. The molecule has 2 amide bonds. The van der Waals surface area contributed by atoms with Crippen molar-refractivity contribution >= 4 is 11.8 Å². The summed E-state index contributed by atoms with van der Waals surface area (Å²) in [4.78, 5) is 27.0. The Kier molecular flexibility index (Phi) is 8.44. The lowest BCUT2D eigenvalue weighted by atomic mass is 10.1. The summed E-state index contributed by atoms with van der Waals surface area (Å²) in [5, 5.41) is 0. The first-order valence-electron chi connectivity index (χ1n) is 7.22. The van der Waals surface area contributed by atoms with E-state index in [0.29, 0.717) is 18.3 Å². The first kappa shape index (κ1) is 17.9. The average Bonchev–Trinajstić information content (AvgIpc) is 2.27. The summed E-state index contributed by atoms with van der Waals surface area (Å²) >= 11 is 0. The zero-order valence-corrected chi connectivity index (χ0v) is 13.4. The SMILES string of the molecule is CC(C)CCCN(C)C(=O)CN(C)C(=O)CC(C)C. The lowest BCUT2D eigenvalue weighted by Gasteiger charge is -2.23. The molecule has 19 heavy (non-hydrogen) atoms. The third kappa shape index (κ3) is 8.62. The van der Waals surface area contributed by atoms with Gasteiger partial charge in [-0.05, 0) is 24.7 Å². The third-order valence-electron chi connectivity index (χ3n) is 3.08. The van der Waals surface area contributed by atoms with Gasteiger partial charge in [0.25, 0.3) is 0 Å². The first-order chi connectivity index (χ1) is 8.73. The summed E-state index contributed by atoms with van der Waals surface area (Å²) in [6.07, 6.45) is 2.64. The second-order valence-electron chi connectivity index (χ2n) is 6.20. The van der Waals surface area contributed by atoms with Gasteiger partial charge in [0.15, 0.2) is 0 Å².